The molecule has 15 heteroatoms. The highest BCUT2D eigenvalue weighted by atomic mass is 32.2. The minimum Gasteiger partial charge on any atom is -0.361 e. The lowest BCUT2D eigenvalue weighted by molar-refractivity contribution is -0.142. The summed E-state index contributed by atoms with van der Waals surface area (Å²) in [5.41, 5.74) is 1.46. The number of H-pyrrole nitrogens is 1. The number of benzene rings is 1. The van der Waals surface area contributed by atoms with Crippen molar-refractivity contribution in [3.05, 3.63) is 36.0 Å². The first-order valence-corrected chi connectivity index (χ1v) is 16.8. The van der Waals surface area contributed by atoms with E-state index < -0.39 is 75.6 Å². The lowest BCUT2D eigenvalue weighted by Crippen LogP contribution is -2.59. The zero-order valence-electron chi connectivity index (χ0n) is 25.8. The molecule has 0 saturated carbocycles. The number of carbonyl (C=O) groups is 5. The Kier molecular flexibility index (Phi) is 10.5. The van der Waals surface area contributed by atoms with Crippen molar-refractivity contribution >= 4 is 50.6 Å². The number of amides is 5. The number of carbonyl (C=O) groups excluding carboxylic acids is 5. The molecule has 3 heterocycles. The molecule has 2 aliphatic rings. The van der Waals surface area contributed by atoms with Crippen LogP contribution < -0.4 is 21.3 Å². The van der Waals surface area contributed by atoms with Gasteiger partial charge in [0.15, 0.2) is 0 Å². The maximum absolute atomic E-state index is 13.8. The lowest BCUT2D eigenvalue weighted by atomic mass is 9.98. The average Bonchev–Trinajstić information content (AvgIpc) is 3.60. The SMILES string of the molecule is CC(C)C[C@H]1NC(=O)[C@H](C(C)C)NC(=O)[C@H]2CCCN2C(=O)[C@H](CS(=O)(=O)O)NC(=O)[C@H](Cc2c[nH]c3ccccc23)NC1=O. The first-order valence-electron chi connectivity index (χ1n) is 15.2. The van der Waals surface area contributed by atoms with Crippen LogP contribution in [0.3, 0.4) is 0 Å². The number of aromatic nitrogens is 1. The van der Waals surface area contributed by atoms with Crippen molar-refractivity contribution in [1.29, 1.82) is 0 Å². The van der Waals surface area contributed by atoms with E-state index in [1.807, 2.05) is 38.1 Å². The van der Waals surface area contributed by atoms with E-state index in [4.69, 9.17) is 0 Å². The van der Waals surface area contributed by atoms with Gasteiger partial charge in [0.1, 0.15) is 36.0 Å². The molecule has 246 valence electrons. The summed E-state index contributed by atoms with van der Waals surface area (Å²) in [6, 6.07) is 1.12. The molecule has 0 bridgehead atoms. The molecule has 45 heavy (non-hydrogen) atoms. The molecule has 2 saturated heterocycles. The highest BCUT2D eigenvalue weighted by molar-refractivity contribution is 7.85. The minimum absolute atomic E-state index is 0.0417. The fourth-order valence-electron chi connectivity index (χ4n) is 5.91. The van der Waals surface area contributed by atoms with Crippen LogP contribution in [0.2, 0.25) is 0 Å². The summed E-state index contributed by atoms with van der Waals surface area (Å²) >= 11 is 0. The van der Waals surface area contributed by atoms with Crippen LogP contribution in [0.1, 0.15) is 52.5 Å². The standard InChI is InChI=1S/C30H42N6O8S/c1-16(2)12-21-26(37)32-22(13-18-14-31-20-9-6-5-8-19(18)20)27(38)34-23(15-45(42,43)44)30(41)36-11-7-10-24(36)28(39)35-25(17(3)4)29(40)33-21/h5-6,8-9,14,16-17,21-25,31H,7,10-13,15H2,1-4H3,(H,32,37)(H,33,40)(H,34,38)(H,35,39)(H,42,43,44)/t21-,22+,23+,24-,25+/m1/s1. The number of para-hydroxylation sites is 1. The number of rotatable bonds is 7. The lowest BCUT2D eigenvalue weighted by Gasteiger charge is -2.30. The van der Waals surface area contributed by atoms with E-state index in [-0.39, 0.29) is 37.6 Å². The largest absolute Gasteiger partial charge is 0.361 e. The maximum atomic E-state index is 13.8. The monoisotopic (exact) mass is 646 g/mol. The molecule has 4 rings (SSSR count). The number of nitrogens with one attached hydrogen (secondary N) is 5. The van der Waals surface area contributed by atoms with Gasteiger partial charge >= 0.3 is 0 Å². The molecule has 2 fully saturated rings. The normalized spacial score (nSPS) is 25.8. The minimum atomic E-state index is -4.77. The van der Waals surface area contributed by atoms with Gasteiger partial charge in [-0.1, -0.05) is 45.9 Å². The molecule has 14 nitrogen and oxygen atoms in total. The van der Waals surface area contributed by atoms with Gasteiger partial charge in [0, 0.05) is 30.1 Å². The van der Waals surface area contributed by atoms with E-state index in [2.05, 4.69) is 26.3 Å². The van der Waals surface area contributed by atoms with Crippen LogP contribution in [-0.2, 0) is 40.5 Å². The fourth-order valence-corrected chi connectivity index (χ4v) is 6.56. The van der Waals surface area contributed by atoms with Gasteiger partial charge in [-0.2, -0.15) is 8.42 Å². The molecule has 5 atom stereocenters. The average molecular weight is 647 g/mol. The Bertz CT molecular complexity index is 1550. The van der Waals surface area contributed by atoms with Gasteiger partial charge < -0.3 is 31.2 Å². The first kappa shape index (κ1) is 33.9. The van der Waals surface area contributed by atoms with Gasteiger partial charge in [-0.3, -0.25) is 28.5 Å². The number of aromatic amines is 1. The molecular weight excluding hydrogens is 604 g/mol. The van der Waals surface area contributed by atoms with Crippen LogP contribution >= 0.6 is 0 Å². The molecule has 1 aromatic heterocycles. The number of hydrogen-bond donors (Lipinski definition) is 6. The third kappa shape index (κ3) is 8.39. The van der Waals surface area contributed by atoms with E-state index in [9.17, 15) is 36.9 Å². The number of fused-ring (bicyclic) bond motifs is 2. The predicted octanol–water partition coefficient (Wildman–Crippen LogP) is 0.244. The van der Waals surface area contributed by atoms with Gasteiger partial charge in [-0.25, -0.2) is 0 Å². The third-order valence-corrected chi connectivity index (χ3v) is 8.90. The third-order valence-electron chi connectivity index (χ3n) is 8.15. The fraction of sp³-hybridized carbons (Fsp3) is 0.567. The second-order valence-electron chi connectivity index (χ2n) is 12.5. The molecule has 6 N–H and O–H groups in total. The maximum Gasteiger partial charge on any atom is 0.267 e. The molecule has 1 aromatic carbocycles. The molecular formula is C30H42N6O8S. The zero-order valence-corrected chi connectivity index (χ0v) is 26.6. The van der Waals surface area contributed by atoms with Crippen molar-refractivity contribution < 1.29 is 36.9 Å². The quantitative estimate of drug-likeness (QED) is 0.229. The van der Waals surface area contributed by atoms with Gasteiger partial charge in [-0.05, 0) is 42.7 Å². The van der Waals surface area contributed by atoms with Crippen LogP contribution in [0, 0.1) is 11.8 Å². The highest BCUT2D eigenvalue weighted by Crippen LogP contribution is 2.22. The second kappa shape index (κ2) is 14.0. The van der Waals surface area contributed by atoms with Gasteiger partial charge in [0.2, 0.25) is 29.5 Å². The molecule has 0 radical (unpaired) electrons. The highest BCUT2D eigenvalue weighted by Gasteiger charge is 2.42. The Morgan fingerprint density at radius 1 is 0.867 bits per heavy atom. The van der Waals surface area contributed by atoms with Gasteiger partial charge in [-0.15, -0.1) is 0 Å². The Morgan fingerprint density at radius 3 is 2.18 bits per heavy atom. The van der Waals surface area contributed by atoms with Crippen LogP contribution in [0.5, 0.6) is 0 Å². The Hall–Kier alpha value is -3.98. The summed E-state index contributed by atoms with van der Waals surface area (Å²) in [5.74, 6) is -5.20. The topological polar surface area (TPSA) is 207 Å². The van der Waals surface area contributed by atoms with E-state index >= 15 is 0 Å². The molecule has 5 amide bonds. The number of nitrogens with zero attached hydrogens (tertiary/aromatic N) is 1. The van der Waals surface area contributed by atoms with Crippen molar-refractivity contribution in [1.82, 2.24) is 31.2 Å². The van der Waals surface area contributed by atoms with Crippen LogP contribution in [-0.4, -0.2) is 94.9 Å². The molecule has 0 spiro atoms. The summed E-state index contributed by atoms with van der Waals surface area (Å²) in [6.45, 7) is 7.30. The smallest absolute Gasteiger partial charge is 0.267 e. The first-order chi connectivity index (χ1) is 21.1. The summed E-state index contributed by atoms with van der Waals surface area (Å²) in [7, 11) is -4.77. The number of hydrogen-bond acceptors (Lipinski definition) is 7. The van der Waals surface area contributed by atoms with Crippen molar-refractivity contribution in [2.24, 2.45) is 11.8 Å². The molecule has 2 aliphatic heterocycles. The molecule has 2 aromatic rings. The van der Waals surface area contributed by atoms with Crippen molar-refractivity contribution in [2.45, 2.75) is 83.6 Å². The van der Waals surface area contributed by atoms with Gasteiger partial charge in [0.05, 0.1) is 0 Å². The summed E-state index contributed by atoms with van der Waals surface area (Å²) in [5, 5.41) is 11.4. The summed E-state index contributed by atoms with van der Waals surface area (Å²) < 4.78 is 33.7. The zero-order chi connectivity index (χ0) is 33.1. The molecule has 0 unspecified atom stereocenters. The Morgan fingerprint density at radius 2 is 1.51 bits per heavy atom. The van der Waals surface area contributed by atoms with E-state index in [0.29, 0.717) is 12.0 Å². The van der Waals surface area contributed by atoms with Crippen LogP contribution in [0.15, 0.2) is 30.5 Å². The van der Waals surface area contributed by atoms with Crippen LogP contribution in [0.25, 0.3) is 10.9 Å². The van der Waals surface area contributed by atoms with Crippen molar-refractivity contribution in [3.63, 3.8) is 0 Å². The van der Waals surface area contributed by atoms with E-state index in [1.54, 1.807) is 20.0 Å². The van der Waals surface area contributed by atoms with Crippen molar-refractivity contribution in [2.75, 3.05) is 12.3 Å². The van der Waals surface area contributed by atoms with E-state index in [1.165, 1.54) is 0 Å². The molecule has 0 aliphatic carbocycles. The van der Waals surface area contributed by atoms with E-state index in [0.717, 1.165) is 15.8 Å². The summed E-state index contributed by atoms with van der Waals surface area (Å²) in [6.07, 6.45) is 2.53. The van der Waals surface area contributed by atoms with Crippen molar-refractivity contribution in [3.8, 4) is 0 Å². The second-order valence-corrected chi connectivity index (χ2v) is 14.0. The predicted molar refractivity (Wildman–Crippen MR) is 165 cm³/mol. The summed E-state index contributed by atoms with van der Waals surface area (Å²) in [4.78, 5) is 72.6. The van der Waals surface area contributed by atoms with Crippen LogP contribution in [0.4, 0.5) is 0 Å². The Labute approximate surface area is 262 Å². The van der Waals surface area contributed by atoms with Gasteiger partial charge in [0.25, 0.3) is 10.1 Å². The Balaban J connectivity index is 1.78.